The summed E-state index contributed by atoms with van der Waals surface area (Å²) in [6, 6.07) is 14.9. The summed E-state index contributed by atoms with van der Waals surface area (Å²) in [5, 5.41) is 4.16. The molecule has 2 aromatic rings. The lowest BCUT2D eigenvalue weighted by Crippen LogP contribution is -2.25. The Morgan fingerprint density at radius 3 is 2.68 bits per heavy atom. The highest BCUT2D eigenvalue weighted by molar-refractivity contribution is 6.30. The molecule has 1 N–H and O–H groups in total. The number of anilines is 2. The third-order valence-corrected chi connectivity index (χ3v) is 5.22. The number of aryl methyl sites for hydroxylation is 2. The molecule has 0 bridgehead atoms. The molecule has 2 aromatic carbocycles. The summed E-state index contributed by atoms with van der Waals surface area (Å²) in [5.41, 5.74) is 5.22. The molecule has 0 aromatic heterocycles. The first kappa shape index (κ1) is 20.4. The second-order valence-electron chi connectivity index (χ2n) is 7.25. The Hall–Kier alpha value is -2.30. The van der Waals surface area contributed by atoms with E-state index in [0.717, 1.165) is 37.4 Å². The SMILES string of the molecule is CN(C)C(=O)/C=C/CNCCCN1c2ccccc2CCc2ccc(Cl)cc21. The number of halogens is 1. The number of hydrogen-bond donors (Lipinski definition) is 1. The number of fused-ring (bicyclic) bond motifs is 2. The van der Waals surface area contributed by atoms with Crippen molar-refractivity contribution in [3.63, 3.8) is 0 Å². The molecule has 1 aliphatic rings. The largest absolute Gasteiger partial charge is 0.345 e. The molecule has 0 radical (unpaired) electrons. The Labute approximate surface area is 172 Å². The summed E-state index contributed by atoms with van der Waals surface area (Å²) >= 11 is 6.31. The molecule has 1 aliphatic heterocycles. The van der Waals surface area contributed by atoms with Crippen molar-refractivity contribution in [1.29, 1.82) is 0 Å². The van der Waals surface area contributed by atoms with E-state index in [1.165, 1.54) is 22.5 Å². The van der Waals surface area contributed by atoms with Crippen LogP contribution in [-0.2, 0) is 17.6 Å². The molecule has 0 unspecified atom stereocenters. The third kappa shape index (κ3) is 5.15. The zero-order valence-electron chi connectivity index (χ0n) is 16.6. The van der Waals surface area contributed by atoms with Crippen molar-refractivity contribution in [1.82, 2.24) is 10.2 Å². The van der Waals surface area contributed by atoms with Crippen molar-refractivity contribution in [2.75, 3.05) is 38.6 Å². The molecule has 0 atom stereocenters. The van der Waals surface area contributed by atoms with Crippen LogP contribution < -0.4 is 10.2 Å². The van der Waals surface area contributed by atoms with Crippen molar-refractivity contribution in [3.8, 4) is 0 Å². The first-order chi connectivity index (χ1) is 13.6. The predicted molar refractivity (Wildman–Crippen MR) is 118 cm³/mol. The lowest BCUT2D eigenvalue weighted by atomic mass is 10.0. The average Bonchev–Trinajstić information content (AvgIpc) is 2.84. The quantitative estimate of drug-likeness (QED) is 0.561. The molecule has 0 fully saturated rings. The minimum atomic E-state index is 0.0106. The van der Waals surface area contributed by atoms with Crippen LogP contribution in [0.4, 0.5) is 11.4 Å². The summed E-state index contributed by atoms with van der Waals surface area (Å²) in [7, 11) is 3.51. The number of amides is 1. The van der Waals surface area contributed by atoms with Gasteiger partial charge in [0.15, 0.2) is 0 Å². The molecule has 0 aliphatic carbocycles. The van der Waals surface area contributed by atoms with Crippen molar-refractivity contribution in [2.45, 2.75) is 19.3 Å². The normalized spacial score (nSPS) is 13.2. The van der Waals surface area contributed by atoms with Crippen LogP contribution in [0.25, 0.3) is 0 Å². The van der Waals surface area contributed by atoms with E-state index < -0.39 is 0 Å². The van der Waals surface area contributed by atoms with Crippen molar-refractivity contribution in [3.05, 3.63) is 70.8 Å². The van der Waals surface area contributed by atoms with Crippen LogP contribution in [0.5, 0.6) is 0 Å². The van der Waals surface area contributed by atoms with Gasteiger partial charge in [-0.1, -0.05) is 41.9 Å². The van der Waals surface area contributed by atoms with Crippen LogP contribution in [0.15, 0.2) is 54.6 Å². The molecule has 28 heavy (non-hydrogen) atoms. The maximum atomic E-state index is 11.5. The van der Waals surface area contributed by atoms with Crippen LogP contribution in [0, 0.1) is 0 Å². The number of para-hydroxylation sites is 1. The summed E-state index contributed by atoms with van der Waals surface area (Å²) < 4.78 is 0. The van der Waals surface area contributed by atoms with E-state index in [1.54, 1.807) is 25.1 Å². The lowest BCUT2D eigenvalue weighted by Gasteiger charge is -2.27. The molecule has 1 heterocycles. The highest BCUT2D eigenvalue weighted by atomic mass is 35.5. The van der Waals surface area contributed by atoms with Gasteiger partial charge in [-0.05, 0) is 55.1 Å². The molecule has 4 nitrogen and oxygen atoms in total. The van der Waals surface area contributed by atoms with Crippen LogP contribution in [0.3, 0.4) is 0 Å². The first-order valence-corrected chi connectivity index (χ1v) is 10.2. The van der Waals surface area contributed by atoms with Gasteiger partial charge in [0.25, 0.3) is 0 Å². The standard InChI is InChI=1S/C23H28ClN3O/c1-26(2)23(28)9-5-14-25-15-6-16-27-21-8-4-3-7-18(21)10-11-19-12-13-20(24)17-22(19)27/h3-5,7-9,12-13,17,25H,6,10-11,14-16H2,1-2H3/b9-5+. The fraction of sp³-hybridized carbons (Fsp3) is 0.348. The van der Waals surface area contributed by atoms with Gasteiger partial charge in [0, 0.05) is 49.7 Å². The highest BCUT2D eigenvalue weighted by Crippen LogP contribution is 2.37. The number of likely N-dealkylation sites (N-methyl/N-ethyl adjacent to an activating group) is 1. The van der Waals surface area contributed by atoms with Gasteiger partial charge >= 0.3 is 0 Å². The van der Waals surface area contributed by atoms with Crippen LogP contribution in [0.1, 0.15) is 17.5 Å². The van der Waals surface area contributed by atoms with Gasteiger partial charge in [0.2, 0.25) is 5.91 Å². The number of rotatable bonds is 7. The van der Waals surface area contributed by atoms with E-state index in [0.29, 0.717) is 6.54 Å². The smallest absolute Gasteiger partial charge is 0.245 e. The van der Waals surface area contributed by atoms with Crippen LogP contribution in [0.2, 0.25) is 5.02 Å². The molecular formula is C23H28ClN3O. The summed E-state index contributed by atoms with van der Waals surface area (Å²) in [6.45, 7) is 2.49. The minimum Gasteiger partial charge on any atom is -0.345 e. The Kier molecular flexibility index (Phi) is 7.12. The van der Waals surface area contributed by atoms with Crippen molar-refractivity contribution < 1.29 is 4.79 Å². The lowest BCUT2D eigenvalue weighted by molar-refractivity contribution is -0.123. The zero-order chi connectivity index (χ0) is 19.9. The highest BCUT2D eigenvalue weighted by Gasteiger charge is 2.20. The Bertz CT molecular complexity index is 847. The van der Waals surface area contributed by atoms with Crippen molar-refractivity contribution >= 4 is 28.9 Å². The molecular weight excluding hydrogens is 370 g/mol. The maximum Gasteiger partial charge on any atom is 0.245 e. The molecule has 3 rings (SSSR count). The van der Waals surface area contributed by atoms with Gasteiger partial charge in [0.05, 0.1) is 0 Å². The Morgan fingerprint density at radius 2 is 1.89 bits per heavy atom. The number of carbonyl (C=O) groups excluding carboxylic acids is 1. The van der Waals surface area contributed by atoms with E-state index in [4.69, 9.17) is 11.6 Å². The second kappa shape index (κ2) is 9.76. The fourth-order valence-corrected chi connectivity index (χ4v) is 3.65. The fourth-order valence-electron chi connectivity index (χ4n) is 3.48. The van der Waals surface area contributed by atoms with Gasteiger partial charge in [-0.25, -0.2) is 0 Å². The summed E-state index contributed by atoms with van der Waals surface area (Å²) in [6.07, 6.45) is 6.55. The number of nitrogens with zero attached hydrogens (tertiary/aromatic N) is 2. The van der Waals surface area contributed by atoms with Gasteiger partial charge in [-0.2, -0.15) is 0 Å². The van der Waals surface area contributed by atoms with E-state index >= 15 is 0 Å². The molecule has 0 saturated heterocycles. The number of nitrogens with one attached hydrogen (secondary N) is 1. The monoisotopic (exact) mass is 397 g/mol. The third-order valence-electron chi connectivity index (χ3n) is 4.98. The van der Waals surface area contributed by atoms with Gasteiger partial charge in [0.1, 0.15) is 0 Å². The molecule has 148 valence electrons. The van der Waals surface area contributed by atoms with Crippen LogP contribution in [-0.4, -0.2) is 44.5 Å². The van der Waals surface area contributed by atoms with E-state index in [9.17, 15) is 4.79 Å². The second-order valence-corrected chi connectivity index (χ2v) is 7.68. The predicted octanol–water partition coefficient (Wildman–Crippen LogP) is 4.20. The minimum absolute atomic E-state index is 0.0106. The molecule has 0 saturated carbocycles. The van der Waals surface area contributed by atoms with E-state index in [2.05, 4.69) is 46.6 Å². The van der Waals surface area contributed by atoms with Gasteiger partial charge in [-0.3, -0.25) is 4.79 Å². The molecule has 0 spiro atoms. The summed E-state index contributed by atoms with van der Waals surface area (Å²) in [5.74, 6) is 0.0106. The number of hydrogen-bond acceptors (Lipinski definition) is 3. The average molecular weight is 398 g/mol. The van der Waals surface area contributed by atoms with Gasteiger partial charge in [-0.15, -0.1) is 0 Å². The number of carbonyl (C=O) groups is 1. The summed E-state index contributed by atoms with van der Waals surface area (Å²) in [4.78, 5) is 15.5. The maximum absolute atomic E-state index is 11.5. The Morgan fingerprint density at radius 1 is 1.14 bits per heavy atom. The van der Waals surface area contributed by atoms with Crippen molar-refractivity contribution in [2.24, 2.45) is 0 Å². The molecule has 5 heteroatoms. The first-order valence-electron chi connectivity index (χ1n) is 9.78. The van der Waals surface area contributed by atoms with E-state index in [1.807, 2.05) is 12.1 Å². The van der Waals surface area contributed by atoms with Crippen LogP contribution >= 0.6 is 11.6 Å². The van der Waals surface area contributed by atoms with Gasteiger partial charge < -0.3 is 15.1 Å². The van der Waals surface area contributed by atoms with E-state index in [-0.39, 0.29) is 5.91 Å². The zero-order valence-corrected chi connectivity index (χ0v) is 17.4. The number of benzene rings is 2. The molecule has 1 amide bonds. The topological polar surface area (TPSA) is 35.6 Å². The Balaban J connectivity index is 1.63.